The highest BCUT2D eigenvalue weighted by atomic mass is 16.5. The lowest BCUT2D eigenvalue weighted by Crippen LogP contribution is -1.98. The van der Waals surface area contributed by atoms with Crippen LogP contribution in [-0.4, -0.2) is 12.1 Å². The van der Waals surface area contributed by atoms with Gasteiger partial charge in [-0.25, -0.2) is 0 Å². The summed E-state index contributed by atoms with van der Waals surface area (Å²) in [6.07, 6.45) is 1.78. The fourth-order valence-corrected chi connectivity index (χ4v) is 2.13. The van der Waals surface area contributed by atoms with Crippen LogP contribution in [0.3, 0.4) is 0 Å². The van der Waals surface area contributed by atoms with Gasteiger partial charge in [0, 0.05) is 23.3 Å². The summed E-state index contributed by atoms with van der Waals surface area (Å²) in [7, 11) is 1.64. The Hall–Kier alpha value is -2.75. The second kappa shape index (κ2) is 5.09. The van der Waals surface area contributed by atoms with E-state index in [0.717, 1.165) is 28.0 Å². The lowest BCUT2D eigenvalue weighted by Gasteiger charge is -2.12. The number of methoxy groups -OCH3 is 1. The predicted molar refractivity (Wildman–Crippen MR) is 82.4 cm³/mol. The van der Waals surface area contributed by atoms with E-state index in [1.54, 1.807) is 13.3 Å². The van der Waals surface area contributed by atoms with E-state index in [1.165, 1.54) is 0 Å². The third-order valence-corrected chi connectivity index (χ3v) is 3.18. The highest BCUT2D eigenvalue weighted by Gasteiger charge is 2.05. The fourth-order valence-electron chi connectivity index (χ4n) is 2.13. The standard InChI is InChI=1S/C16H15N3O/c1-20-11-7-8-13(17)16(10-11)19-15-6-2-5-14-12(15)4-3-9-18-14/h2-10,19H,17H2,1H3. The Kier molecular flexibility index (Phi) is 3.13. The number of nitrogen functional groups attached to an aromatic ring is 1. The van der Waals surface area contributed by atoms with E-state index in [2.05, 4.69) is 10.3 Å². The van der Waals surface area contributed by atoms with Gasteiger partial charge in [0.15, 0.2) is 0 Å². The minimum atomic E-state index is 0.673. The Bertz CT molecular complexity index is 750. The summed E-state index contributed by atoms with van der Waals surface area (Å²) in [6.45, 7) is 0. The molecule has 0 atom stereocenters. The Labute approximate surface area is 117 Å². The molecular formula is C16H15N3O. The van der Waals surface area contributed by atoms with E-state index in [-0.39, 0.29) is 0 Å². The molecule has 0 aliphatic heterocycles. The van der Waals surface area contributed by atoms with Crippen LogP contribution in [0.25, 0.3) is 10.9 Å². The predicted octanol–water partition coefficient (Wildman–Crippen LogP) is 3.57. The van der Waals surface area contributed by atoms with Gasteiger partial charge < -0.3 is 15.8 Å². The van der Waals surface area contributed by atoms with E-state index in [9.17, 15) is 0 Å². The van der Waals surface area contributed by atoms with Crippen molar-refractivity contribution in [3.8, 4) is 5.75 Å². The van der Waals surface area contributed by atoms with Gasteiger partial charge in [0.2, 0.25) is 0 Å². The van der Waals surface area contributed by atoms with Crippen molar-refractivity contribution in [1.82, 2.24) is 4.98 Å². The summed E-state index contributed by atoms with van der Waals surface area (Å²) in [5, 5.41) is 4.40. The molecule has 1 heterocycles. The molecule has 100 valence electrons. The zero-order valence-corrected chi connectivity index (χ0v) is 11.1. The first-order valence-corrected chi connectivity index (χ1v) is 6.32. The third-order valence-electron chi connectivity index (χ3n) is 3.18. The SMILES string of the molecule is COc1ccc(N)c(Nc2cccc3ncccc23)c1. The monoisotopic (exact) mass is 265 g/mol. The number of benzene rings is 2. The molecule has 0 saturated carbocycles. The second-order valence-corrected chi connectivity index (χ2v) is 4.45. The molecule has 0 saturated heterocycles. The molecule has 20 heavy (non-hydrogen) atoms. The molecule has 4 heteroatoms. The summed E-state index contributed by atoms with van der Waals surface area (Å²) in [6, 6.07) is 15.4. The lowest BCUT2D eigenvalue weighted by atomic mass is 10.1. The summed E-state index contributed by atoms with van der Waals surface area (Å²) < 4.78 is 5.23. The smallest absolute Gasteiger partial charge is 0.121 e. The van der Waals surface area contributed by atoms with Gasteiger partial charge in [-0.15, -0.1) is 0 Å². The first kappa shape index (κ1) is 12.3. The van der Waals surface area contributed by atoms with Gasteiger partial charge in [-0.2, -0.15) is 0 Å². The fraction of sp³-hybridized carbons (Fsp3) is 0.0625. The lowest BCUT2D eigenvalue weighted by molar-refractivity contribution is 0.415. The zero-order valence-electron chi connectivity index (χ0n) is 11.1. The summed E-state index contributed by atoms with van der Waals surface area (Å²) in [5.74, 6) is 0.764. The number of nitrogens with one attached hydrogen (secondary N) is 1. The number of nitrogens with two attached hydrogens (primary N) is 1. The van der Waals surface area contributed by atoms with Crippen molar-refractivity contribution in [1.29, 1.82) is 0 Å². The Balaban J connectivity index is 2.05. The minimum absolute atomic E-state index is 0.673. The van der Waals surface area contributed by atoms with E-state index >= 15 is 0 Å². The average Bonchev–Trinajstić information content (AvgIpc) is 2.50. The summed E-state index contributed by atoms with van der Waals surface area (Å²) in [5.41, 5.74) is 9.41. The molecule has 0 bridgehead atoms. The van der Waals surface area contributed by atoms with Gasteiger partial charge in [-0.1, -0.05) is 6.07 Å². The van der Waals surface area contributed by atoms with Gasteiger partial charge in [0.1, 0.15) is 5.75 Å². The van der Waals surface area contributed by atoms with Gasteiger partial charge in [-0.3, -0.25) is 4.98 Å². The molecule has 0 unspecified atom stereocenters. The molecule has 3 N–H and O–H groups in total. The molecule has 3 rings (SSSR count). The second-order valence-electron chi connectivity index (χ2n) is 4.45. The first-order chi connectivity index (χ1) is 9.78. The van der Waals surface area contributed by atoms with Crippen molar-refractivity contribution in [3.63, 3.8) is 0 Å². The molecule has 0 radical (unpaired) electrons. The van der Waals surface area contributed by atoms with Gasteiger partial charge in [0.05, 0.1) is 24.0 Å². The van der Waals surface area contributed by atoms with Gasteiger partial charge in [0.25, 0.3) is 0 Å². The van der Waals surface area contributed by atoms with Crippen molar-refractivity contribution in [2.45, 2.75) is 0 Å². The Morgan fingerprint density at radius 3 is 2.80 bits per heavy atom. The van der Waals surface area contributed by atoms with Crippen LogP contribution < -0.4 is 15.8 Å². The maximum Gasteiger partial charge on any atom is 0.121 e. The van der Waals surface area contributed by atoms with Crippen LogP contribution in [0.5, 0.6) is 5.75 Å². The normalized spacial score (nSPS) is 10.4. The Morgan fingerprint density at radius 1 is 1.05 bits per heavy atom. The molecule has 0 amide bonds. The number of fused-ring (bicyclic) bond motifs is 1. The van der Waals surface area contributed by atoms with Gasteiger partial charge in [-0.05, 0) is 36.4 Å². The molecule has 0 aliphatic carbocycles. The van der Waals surface area contributed by atoms with Crippen LogP contribution in [0.15, 0.2) is 54.7 Å². The summed E-state index contributed by atoms with van der Waals surface area (Å²) >= 11 is 0. The largest absolute Gasteiger partial charge is 0.497 e. The molecule has 1 aromatic heterocycles. The van der Waals surface area contributed by atoms with Crippen molar-refractivity contribution in [2.75, 3.05) is 18.2 Å². The van der Waals surface area contributed by atoms with E-state index < -0.39 is 0 Å². The molecule has 4 nitrogen and oxygen atoms in total. The van der Waals surface area contributed by atoms with Crippen molar-refractivity contribution in [3.05, 3.63) is 54.7 Å². The number of rotatable bonds is 3. The van der Waals surface area contributed by atoms with Crippen molar-refractivity contribution >= 4 is 28.0 Å². The highest BCUT2D eigenvalue weighted by Crippen LogP contribution is 2.30. The van der Waals surface area contributed by atoms with Crippen LogP contribution in [0, 0.1) is 0 Å². The topological polar surface area (TPSA) is 60.2 Å². The molecule has 0 spiro atoms. The van der Waals surface area contributed by atoms with E-state index in [4.69, 9.17) is 10.5 Å². The van der Waals surface area contributed by atoms with E-state index in [1.807, 2.05) is 48.5 Å². The number of aromatic nitrogens is 1. The number of nitrogens with zero attached hydrogens (tertiary/aromatic N) is 1. The van der Waals surface area contributed by atoms with Crippen LogP contribution in [0.2, 0.25) is 0 Å². The highest BCUT2D eigenvalue weighted by molar-refractivity contribution is 5.94. The van der Waals surface area contributed by atoms with Crippen LogP contribution in [-0.2, 0) is 0 Å². The number of anilines is 3. The van der Waals surface area contributed by atoms with Crippen molar-refractivity contribution < 1.29 is 4.74 Å². The molecule has 0 aliphatic rings. The maximum atomic E-state index is 6.00. The minimum Gasteiger partial charge on any atom is -0.497 e. The summed E-state index contributed by atoms with van der Waals surface area (Å²) in [4.78, 5) is 4.34. The van der Waals surface area contributed by atoms with Crippen LogP contribution in [0.1, 0.15) is 0 Å². The van der Waals surface area contributed by atoms with Crippen LogP contribution >= 0.6 is 0 Å². The molecule has 0 fully saturated rings. The third kappa shape index (κ3) is 2.23. The zero-order chi connectivity index (χ0) is 13.9. The van der Waals surface area contributed by atoms with E-state index in [0.29, 0.717) is 5.69 Å². The number of pyridine rings is 1. The number of hydrogen-bond donors (Lipinski definition) is 2. The number of hydrogen-bond acceptors (Lipinski definition) is 4. The average molecular weight is 265 g/mol. The van der Waals surface area contributed by atoms with Crippen LogP contribution in [0.4, 0.5) is 17.1 Å². The first-order valence-electron chi connectivity index (χ1n) is 6.32. The van der Waals surface area contributed by atoms with Crippen molar-refractivity contribution in [2.24, 2.45) is 0 Å². The maximum absolute atomic E-state index is 6.00. The van der Waals surface area contributed by atoms with Gasteiger partial charge >= 0.3 is 0 Å². The molecule has 3 aromatic rings. The molecular weight excluding hydrogens is 250 g/mol. The Morgan fingerprint density at radius 2 is 1.95 bits per heavy atom. The number of ether oxygens (including phenoxy) is 1. The quantitative estimate of drug-likeness (QED) is 0.711. The molecule has 2 aromatic carbocycles.